The molecule has 2 rings (SSSR count). The first-order valence-corrected chi connectivity index (χ1v) is 7.04. The number of likely N-dealkylation sites (tertiary alicyclic amines) is 1. The molecule has 0 saturated carbocycles. The summed E-state index contributed by atoms with van der Waals surface area (Å²) < 4.78 is 0. The van der Waals surface area contributed by atoms with Crippen molar-refractivity contribution in [1.29, 1.82) is 0 Å². The lowest BCUT2D eigenvalue weighted by molar-refractivity contribution is 0.143. The molecule has 0 aliphatic carbocycles. The van der Waals surface area contributed by atoms with E-state index in [4.69, 9.17) is 0 Å². The van der Waals surface area contributed by atoms with Crippen LogP contribution >= 0.6 is 11.8 Å². The first kappa shape index (κ1) is 10.8. The number of hydrogen-bond acceptors (Lipinski definition) is 3. The second-order valence-electron chi connectivity index (χ2n) is 4.49. The molecule has 14 heavy (non-hydrogen) atoms. The van der Waals surface area contributed by atoms with Crippen LogP contribution in [0.2, 0.25) is 0 Å². The zero-order valence-corrected chi connectivity index (χ0v) is 9.98. The molecule has 3 heteroatoms. The lowest BCUT2D eigenvalue weighted by Gasteiger charge is -2.39. The molecule has 2 atom stereocenters. The lowest BCUT2D eigenvalue weighted by Crippen LogP contribution is -2.50. The summed E-state index contributed by atoms with van der Waals surface area (Å²) in [4.78, 5) is 2.72. The highest BCUT2D eigenvalue weighted by Crippen LogP contribution is 2.24. The molecule has 2 unspecified atom stereocenters. The maximum Gasteiger partial charge on any atom is 0.0192 e. The molecule has 0 radical (unpaired) electrons. The quantitative estimate of drug-likeness (QED) is 0.751. The van der Waals surface area contributed by atoms with E-state index >= 15 is 0 Å². The smallest absolute Gasteiger partial charge is 0.0192 e. The van der Waals surface area contributed by atoms with Crippen molar-refractivity contribution in [1.82, 2.24) is 10.2 Å². The summed E-state index contributed by atoms with van der Waals surface area (Å²) in [5, 5.41) is 3.42. The molecule has 82 valence electrons. The van der Waals surface area contributed by atoms with Gasteiger partial charge in [-0.05, 0) is 45.0 Å². The summed E-state index contributed by atoms with van der Waals surface area (Å²) in [6.07, 6.45) is 5.61. The molecule has 0 aromatic carbocycles. The van der Waals surface area contributed by atoms with Crippen molar-refractivity contribution >= 4 is 11.8 Å². The van der Waals surface area contributed by atoms with Crippen LogP contribution in [0.4, 0.5) is 0 Å². The first-order chi connectivity index (χ1) is 6.90. The highest BCUT2D eigenvalue weighted by Gasteiger charge is 2.26. The van der Waals surface area contributed by atoms with Gasteiger partial charge in [-0.1, -0.05) is 0 Å². The van der Waals surface area contributed by atoms with Crippen molar-refractivity contribution in [3.05, 3.63) is 0 Å². The van der Waals surface area contributed by atoms with E-state index in [-0.39, 0.29) is 0 Å². The molecule has 2 heterocycles. The van der Waals surface area contributed by atoms with Gasteiger partial charge in [0.2, 0.25) is 0 Å². The Balaban J connectivity index is 1.83. The molecule has 0 spiro atoms. The molecular weight excluding hydrogens is 192 g/mol. The van der Waals surface area contributed by atoms with Crippen LogP contribution in [-0.4, -0.2) is 48.6 Å². The molecule has 0 aromatic rings. The van der Waals surface area contributed by atoms with Gasteiger partial charge in [-0.15, -0.1) is 0 Å². The van der Waals surface area contributed by atoms with Crippen molar-refractivity contribution in [3.8, 4) is 0 Å². The van der Waals surface area contributed by atoms with Gasteiger partial charge >= 0.3 is 0 Å². The Kier molecular flexibility index (Phi) is 4.14. The molecule has 0 bridgehead atoms. The number of piperidine rings is 1. The topological polar surface area (TPSA) is 15.3 Å². The van der Waals surface area contributed by atoms with Crippen LogP contribution in [0.3, 0.4) is 0 Å². The third kappa shape index (κ3) is 2.65. The average Bonchev–Trinajstić information content (AvgIpc) is 2.30. The van der Waals surface area contributed by atoms with Gasteiger partial charge < -0.3 is 5.32 Å². The molecule has 2 aliphatic heterocycles. The Labute approximate surface area is 91.8 Å². The second-order valence-corrected chi connectivity index (χ2v) is 5.64. The van der Waals surface area contributed by atoms with E-state index in [1.54, 1.807) is 0 Å². The third-order valence-electron chi connectivity index (χ3n) is 3.51. The van der Waals surface area contributed by atoms with Crippen LogP contribution in [0.15, 0.2) is 0 Å². The monoisotopic (exact) mass is 214 g/mol. The fourth-order valence-corrected chi connectivity index (χ4v) is 3.77. The zero-order valence-electron chi connectivity index (χ0n) is 9.17. The van der Waals surface area contributed by atoms with Gasteiger partial charge in [-0.25, -0.2) is 0 Å². The van der Waals surface area contributed by atoms with Crippen molar-refractivity contribution in [3.63, 3.8) is 0 Å². The van der Waals surface area contributed by atoms with Crippen LogP contribution in [0.1, 0.15) is 25.7 Å². The number of nitrogens with zero attached hydrogens (tertiary/aromatic N) is 1. The van der Waals surface area contributed by atoms with Crippen LogP contribution in [0, 0.1) is 0 Å². The normalized spacial score (nSPS) is 35.8. The van der Waals surface area contributed by atoms with E-state index in [1.807, 2.05) is 0 Å². The fourth-order valence-electron chi connectivity index (χ4n) is 2.59. The molecule has 2 aliphatic rings. The maximum absolute atomic E-state index is 3.42. The average molecular weight is 214 g/mol. The Morgan fingerprint density at radius 3 is 2.93 bits per heavy atom. The summed E-state index contributed by atoms with van der Waals surface area (Å²) >= 11 is 2.14. The number of likely N-dealkylation sites (N-methyl/N-ethyl adjacent to an activating group) is 1. The van der Waals surface area contributed by atoms with Gasteiger partial charge in [0.1, 0.15) is 0 Å². The molecule has 2 saturated heterocycles. The van der Waals surface area contributed by atoms with Gasteiger partial charge in [-0.2, -0.15) is 11.8 Å². The summed E-state index contributed by atoms with van der Waals surface area (Å²) in [7, 11) is 2.10. The van der Waals surface area contributed by atoms with Gasteiger partial charge in [0.25, 0.3) is 0 Å². The minimum Gasteiger partial charge on any atom is -0.316 e. The van der Waals surface area contributed by atoms with Crippen LogP contribution in [0.25, 0.3) is 0 Å². The van der Waals surface area contributed by atoms with E-state index in [2.05, 4.69) is 29.0 Å². The first-order valence-electron chi connectivity index (χ1n) is 5.89. The van der Waals surface area contributed by atoms with E-state index in [0.29, 0.717) is 0 Å². The minimum atomic E-state index is 0.746. The van der Waals surface area contributed by atoms with Crippen molar-refractivity contribution < 1.29 is 0 Å². The summed E-state index contributed by atoms with van der Waals surface area (Å²) in [5.41, 5.74) is 0. The van der Waals surface area contributed by atoms with Crippen molar-refractivity contribution in [2.45, 2.75) is 37.8 Å². The second kappa shape index (κ2) is 5.38. The van der Waals surface area contributed by atoms with Gasteiger partial charge in [0, 0.05) is 24.4 Å². The predicted octanol–water partition coefficient (Wildman–Crippen LogP) is 1.57. The highest BCUT2D eigenvalue weighted by molar-refractivity contribution is 7.99. The molecule has 2 nitrogen and oxygen atoms in total. The molecule has 2 fully saturated rings. The zero-order chi connectivity index (χ0) is 9.80. The Bertz CT molecular complexity index is 169. The fraction of sp³-hybridized carbons (Fsp3) is 1.00. The van der Waals surface area contributed by atoms with E-state index in [0.717, 1.165) is 12.1 Å². The van der Waals surface area contributed by atoms with Crippen LogP contribution < -0.4 is 5.32 Å². The lowest BCUT2D eigenvalue weighted by atomic mass is 10.0. The predicted molar refractivity (Wildman–Crippen MR) is 64.0 cm³/mol. The number of thioether (sulfide) groups is 1. The largest absolute Gasteiger partial charge is 0.316 e. The summed E-state index contributed by atoms with van der Waals surface area (Å²) in [5.74, 6) is 2.76. The van der Waals surface area contributed by atoms with E-state index < -0.39 is 0 Å². The molecular formula is C11H22N2S. The Morgan fingerprint density at radius 2 is 2.21 bits per heavy atom. The number of hydrogen-bond donors (Lipinski definition) is 1. The number of nitrogens with one attached hydrogen (secondary N) is 1. The van der Waals surface area contributed by atoms with Gasteiger partial charge in [-0.3, -0.25) is 4.90 Å². The number of rotatable bonds is 2. The standard InChI is InChI=1S/C11H22N2S/c1-12-10-4-2-6-13(8-10)11-5-3-7-14-9-11/h10-12H,2-9H2,1H3. The molecule has 1 N–H and O–H groups in total. The molecule has 0 amide bonds. The minimum absolute atomic E-state index is 0.746. The molecule has 0 aromatic heterocycles. The SMILES string of the molecule is CNC1CCCN(C2CCCSC2)C1. The third-order valence-corrected chi connectivity index (χ3v) is 4.71. The summed E-state index contributed by atoms with van der Waals surface area (Å²) in [6.45, 7) is 2.62. The summed E-state index contributed by atoms with van der Waals surface area (Å²) in [6, 6.07) is 1.63. The van der Waals surface area contributed by atoms with Crippen LogP contribution in [0.5, 0.6) is 0 Å². The Hall–Kier alpha value is 0.270. The highest BCUT2D eigenvalue weighted by atomic mass is 32.2. The van der Waals surface area contributed by atoms with E-state index in [1.165, 1.54) is 50.3 Å². The van der Waals surface area contributed by atoms with Gasteiger partial charge in [0.05, 0.1) is 0 Å². The van der Waals surface area contributed by atoms with Crippen LogP contribution in [-0.2, 0) is 0 Å². The van der Waals surface area contributed by atoms with E-state index in [9.17, 15) is 0 Å². The van der Waals surface area contributed by atoms with Crippen molar-refractivity contribution in [2.24, 2.45) is 0 Å². The maximum atomic E-state index is 3.42. The Morgan fingerprint density at radius 1 is 1.29 bits per heavy atom. The van der Waals surface area contributed by atoms with Gasteiger partial charge in [0.15, 0.2) is 0 Å². The van der Waals surface area contributed by atoms with Crippen molar-refractivity contribution in [2.75, 3.05) is 31.6 Å².